The lowest BCUT2D eigenvalue weighted by Gasteiger charge is -2.30. The van der Waals surface area contributed by atoms with Gasteiger partial charge in [-0.2, -0.15) is 13.2 Å². The van der Waals surface area contributed by atoms with E-state index in [-0.39, 0.29) is 12.8 Å². The molecule has 1 rings (SSSR count). The van der Waals surface area contributed by atoms with Crippen LogP contribution in [0.1, 0.15) is 18.9 Å². The first kappa shape index (κ1) is 15.5. The van der Waals surface area contributed by atoms with E-state index in [0.717, 1.165) is 0 Å². The van der Waals surface area contributed by atoms with Crippen molar-refractivity contribution in [1.29, 1.82) is 0 Å². The van der Waals surface area contributed by atoms with Gasteiger partial charge in [0.25, 0.3) is 0 Å². The van der Waals surface area contributed by atoms with Crippen molar-refractivity contribution in [3.05, 3.63) is 35.9 Å². The zero-order valence-corrected chi connectivity index (χ0v) is 10.5. The Morgan fingerprint density at radius 2 is 1.84 bits per heavy atom. The predicted octanol–water partition coefficient (Wildman–Crippen LogP) is 2.61. The molecule has 0 saturated heterocycles. The van der Waals surface area contributed by atoms with Gasteiger partial charge in [0.2, 0.25) is 0 Å². The molecule has 3 nitrogen and oxygen atoms in total. The number of carboxylic acids is 1. The Labute approximate surface area is 109 Å². The summed E-state index contributed by atoms with van der Waals surface area (Å²) in [5.41, 5.74) is -0.918. The fourth-order valence-electron chi connectivity index (χ4n) is 1.83. The van der Waals surface area contributed by atoms with Gasteiger partial charge in [0.1, 0.15) is 5.54 Å². The van der Waals surface area contributed by atoms with Crippen molar-refractivity contribution >= 4 is 5.97 Å². The number of hydrogen-bond donors (Lipinski definition) is 2. The standard InChI is InChI=1S/C13H16F3NO2/c1-2-12(11(18)19,17-9-13(14,15)16)8-10-6-4-3-5-7-10/h3-7,17H,2,8-9H2,1H3,(H,18,19). The van der Waals surface area contributed by atoms with Crippen LogP contribution < -0.4 is 5.32 Å². The molecule has 2 N–H and O–H groups in total. The number of halogens is 3. The molecule has 0 aliphatic carbocycles. The average molecular weight is 275 g/mol. The van der Waals surface area contributed by atoms with Crippen molar-refractivity contribution in [3.8, 4) is 0 Å². The minimum Gasteiger partial charge on any atom is -0.480 e. The number of benzene rings is 1. The van der Waals surface area contributed by atoms with E-state index in [1.54, 1.807) is 37.3 Å². The van der Waals surface area contributed by atoms with E-state index in [9.17, 15) is 23.1 Å². The Morgan fingerprint density at radius 3 is 2.26 bits per heavy atom. The van der Waals surface area contributed by atoms with Crippen LogP contribution in [0.5, 0.6) is 0 Å². The van der Waals surface area contributed by atoms with E-state index >= 15 is 0 Å². The first-order valence-corrected chi connectivity index (χ1v) is 5.88. The van der Waals surface area contributed by atoms with Crippen molar-refractivity contribution in [2.24, 2.45) is 0 Å². The van der Waals surface area contributed by atoms with Crippen LogP contribution >= 0.6 is 0 Å². The SMILES string of the molecule is CCC(Cc1ccccc1)(NCC(F)(F)F)C(=O)O. The third-order valence-electron chi connectivity index (χ3n) is 2.99. The highest BCUT2D eigenvalue weighted by atomic mass is 19.4. The largest absolute Gasteiger partial charge is 0.480 e. The van der Waals surface area contributed by atoms with Gasteiger partial charge in [-0.25, -0.2) is 0 Å². The molecule has 0 radical (unpaired) electrons. The van der Waals surface area contributed by atoms with Crippen molar-refractivity contribution in [1.82, 2.24) is 5.32 Å². The lowest BCUT2D eigenvalue weighted by molar-refractivity contribution is -0.150. The van der Waals surface area contributed by atoms with E-state index < -0.39 is 24.2 Å². The van der Waals surface area contributed by atoms with Crippen LogP contribution in [0.2, 0.25) is 0 Å². The maximum atomic E-state index is 12.3. The van der Waals surface area contributed by atoms with E-state index in [1.807, 2.05) is 0 Å². The highest BCUT2D eigenvalue weighted by Gasteiger charge is 2.40. The second-order valence-corrected chi connectivity index (χ2v) is 4.37. The van der Waals surface area contributed by atoms with Crippen molar-refractivity contribution in [2.45, 2.75) is 31.5 Å². The zero-order chi connectivity index (χ0) is 14.5. The lowest BCUT2D eigenvalue weighted by Crippen LogP contribution is -2.55. The quantitative estimate of drug-likeness (QED) is 0.839. The molecule has 0 aliphatic heterocycles. The van der Waals surface area contributed by atoms with Crippen LogP contribution in [0.25, 0.3) is 0 Å². The fraction of sp³-hybridized carbons (Fsp3) is 0.462. The molecule has 0 aromatic heterocycles. The van der Waals surface area contributed by atoms with Crippen LogP contribution in [0.3, 0.4) is 0 Å². The number of hydrogen-bond acceptors (Lipinski definition) is 2. The number of alkyl halides is 3. The molecule has 106 valence electrons. The summed E-state index contributed by atoms with van der Waals surface area (Å²) in [4.78, 5) is 11.3. The van der Waals surface area contributed by atoms with Gasteiger partial charge in [0, 0.05) is 6.42 Å². The third-order valence-corrected chi connectivity index (χ3v) is 2.99. The first-order chi connectivity index (χ1) is 8.79. The molecular weight excluding hydrogens is 259 g/mol. The summed E-state index contributed by atoms with van der Waals surface area (Å²) in [7, 11) is 0. The Kier molecular flexibility index (Phi) is 4.94. The van der Waals surface area contributed by atoms with Gasteiger partial charge in [-0.05, 0) is 12.0 Å². The van der Waals surface area contributed by atoms with Crippen LogP contribution in [0.4, 0.5) is 13.2 Å². The topological polar surface area (TPSA) is 49.3 Å². The minimum atomic E-state index is -4.44. The van der Waals surface area contributed by atoms with E-state index in [4.69, 9.17) is 0 Å². The summed E-state index contributed by atoms with van der Waals surface area (Å²) >= 11 is 0. The van der Waals surface area contributed by atoms with Crippen LogP contribution in [-0.4, -0.2) is 29.3 Å². The molecule has 0 saturated carbocycles. The molecule has 1 atom stereocenters. The van der Waals surface area contributed by atoms with E-state index in [1.165, 1.54) is 0 Å². The van der Waals surface area contributed by atoms with Gasteiger partial charge >= 0.3 is 12.1 Å². The monoisotopic (exact) mass is 275 g/mol. The summed E-state index contributed by atoms with van der Waals surface area (Å²) in [5, 5.41) is 11.4. The van der Waals surface area contributed by atoms with E-state index in [0.29, 0.717) is 5.56 Å². The number of carbonyl (C=O) groups is 1. The molecule has 1 aromatic rings. The molecule has 19 heavy (non-hydrogen) atoms. The molecule has 0 heterocycles. The van der Waals surface area contributed by atoms with Gasteiger partial charge in [0.15, 0.2) is 0 Å². The maximum Gasteiger partial charge on any atom is 0.401 e. The molecule has 1 unspecified atom stereocenters. The summed E-state index contributed by atoms with van der Waals surface area (Å²) in [6.07, 6.45) is -4.37. The molecule has 6 heteroatoms. The summed E-state index contributed by atoms with van der Waals surface area (Å²) in [5.74, 6) is -1.27. The van der Waals surface area contributed by atoms with Gasteiger partial charge < -0.3 is 5.11 Å². The Hall–Kier alpha value is -1.56. The molecule has 0 bridgehead atoms. The highest BCUT2D eigenvalue weighted by Crippen LogP contribution is 2.21. The maximum absolute atomic E-state index is 12.3. The first-order valence-electron chi connectivity index (χ1n) is 5.88. The average Bonchev–Trinajstić information content (AvgIpc) is 2.34. The lowest BCUT2D eigenvalue weighted by atomic mass is 9.88. The second kappa shape index (κ2) is 6.06. The van der Waals surface area contributed by atoms with E-state index in [2.05, 4.69) is 5.32 Å². The molecule has 0 aliphatic rings. The van der Waals surface area contributed by atoms with Crippen LogP contribution in [0, 0.1) is 0 Å². The fourth-order valence-corrected chi connectivity index (χ4v) is 1.83. The van der Waals surface area contributed by atoms with Crippen LogP contribution in [0.15, 0.2) is 30.3 Å². The Balaban J connectivity index is 2.90. The van der Waals surface area contributed by atoms with Gasteiger partial charge in [-0.15, -0.1) is 0 Å². The number of carboxylic acid groups (broad SMARTS) is 1. The molecule has 0 spiro atoms. The van der Waals surface area contributed by atoms with Gasteiger partial charge in [0.05, 0.1) is 6.54 Å². The normalized spacial score (nSPS) is 14.9. The second-order valence-electron chi connectivity index (χ2n) is 4.37. The summed E-state index contributed by atoms with van der Waals surface area (Å²) in [6, 6.07) is 8.61. The molecule has 0 amide bonds. The van der Waals surface area contributed by atoms with Crippen LogP contribution in [-0.2, 0) is 11.2 Å². The summed E-state index contributed by atoms with van der Waals surface area (Å²) < 4.78 is 36.8. The molecule has 1 aromatic carbocycles. The number of rotatable bonds is 6. The highest BCUT2D eigenvalue weighted by molar-refractivity contribution is 5.79. The number of nitrogens with one attached hydrogen (secondary N) is 1. The van der Waals surface area contributed by atoms with Crippen molar-refractivity contribution in [3.63, 3.8) is 0 Å². The Bertz CT molecular complexity index is 420. The van der Waals surface area contributed by atoms with Gasteiger partial charge in [-0.1, -0.05) is 37.3 Å². The predicted molar refractivity (Wildman–Crippen MR) is 64.9 cm³/mol. The smallest absolute Gasteiger partial charge is 0.401 e. The van der Waals surface area contributed by atoms with Crippen molar-refractivity contribution in [2.75, 3.05) is 6.54 Å². The number of aliphatic carboxylic acids is 1. The third kappa shape index (κ3) is 4.55. The van der Waals surface area contributed by atoms with Crippen molar-refractivity contribution < 1.29 is 23.1 Å². The van der Waals surface area contributed by atoms with Gasteiger partial charge in [-0.3, -0.25) is 10.1 Å². The zero-order valence-electron chi connectivity index (χ0n) is 10.5. The molecule has 0 fully saturated rings. The minimum absolute atomic E-state index is 0.00968. The Morgan fingerprint density at radius 1 is 1.26 bits per heavy atom. The summed E-state index contributed by atoms with van der Waals surface area (Å²) in [6.45, 7) is 0.237. The molecular formula is C13H16F3NO2.